The second-order valence-corrected chi connectivity index (χ2v) is 21.5. The van der Waals surface area contributed by atoms with E-state index in [4.69, 9.17) is 18.9 Å². The molecule has 0 aromatic rings. The molecule has 438 valence electrons. The normalized spacial score (nSPS) is 25.4. The van der Waals surface area contributed by atoms with Gasteiger partial charge in [-0.2, -0.15) is 0 Å². The highest BCUT2D eigenvalue weighted by atomic mass is 16.7. The summed E-state index contributed by atoms with van der Waals surface area (Å²) < 4.78 is 22.8. The fraction of sp³-hybridized carbons (Fsp3) is 0.852. The van der Waals surface area contributed by atoms with E-state index in [0.717, 1.165) is 44.9 Å². The van der Waals surface area contributed by atoms with Crippen molar-refractivity contribution < 1.29 is 64.6 Å². The van der Waals surface area contributed by atoms with Crippen molar-refractivity contribution in [2.45, 2.75) is 312 Å². The summed E-state index contributed by atoms with van der Waals surface area (Å²) in [6, 6.07) is -0.939. The van der Waals surface area contributed by atoms with E-state index >= 15 is 0 Å². The topological polar surface area (TPSA) is 228 Å². The molecule has 2 saturated heterocycles. The lowest BCUT2D eigenvalue weighted by Gasteiger charge is -2.46. The molecule has 12 atom stereocenters. The van der Waals surface area contributed by atoms with E-state index in [1.54, 1.807) is 6.08 Å². The van der Waals surface area contributed by atoms with Crippen molar-refractivity contribution in [2.75, 3.05) is 19.8 Å². The van der Waals surface area contributed by atoms with Crippen LogP contribution >= 0.6 is 0 Å². The summed E-state index contributed by atoms with van der Waals surface area (Å²) in [6.07, 6.45) is 41.5. The lowest BCUT2D eigenvalue weighted by molar-refractivity contribution is -0.359. The first-order chi connectivity index (χ1) is 36.6. The third-order valence-electron chi connectivity index (χ3n) is 14.7. The van der Waals surface area contributed by atoms with Crippen LogP contribution in [0.3, 0.4) is 0 Å². The molecule has 0 bridgehead atoms. The minimum atomic E-state index is -1.79. The third kappa shape index (κ3) is 32.6. The third-order valence-corrected chi connectivity index (χ3v) is 14.7. The molecule has 0 aromatic carbocycles. The summed E-state index contributed by atoms with van der Waals surface area (Å²) in [7, 11) is 0. The molecular formula is C61H111NO13. The van der Waals surface area contributed by atoms with Crippen LogP contribution in [0.1, 0.15) is 239 Å². The summed E-state index contributed by atoms with van der Waals surface area (Å²) in [5, 5.41) is 87.1. The van der Waals surface area contributed by atoms with Gasteiger partial charge >= 0.3 is 0 Å². The van der Waals surface area contributed by atoms with E-state index in [2.05, 4.69) is 55.6 Å². The first-order valence-corrected chi connectivity index (χ1v) is 30.4. The van der Waals surface area contributed by atoms with Gasteiger partial charge in [0.15, 0.2) is 12.6 Å². The highest BCUT2D eigenvalue weighted by Gasteiger charge is 2.51. The summed E-state index contributed by atoms with van der Waals surface area (Å²) >= 11 is 0. The van der Waals surface area contributed by atoms with Crippen LogP contribution in [0.15, 0.2) is 48.6 Å². The van der Waals surface area contributed by atoms with Crippen molar-refractivity contribution in [1.82, 2.24) is 5.32 Å². The second kappa shape index (κ2) is 46.8. The van der Waals surface area contributed by atoms with E-state index in [0.29, 0.717) is 12.8 Å². The van der Waals surface area contributed by atoms with Gasteiger partial charge in [0.1, 0.15) is 48.8 Å². The zero-order valence-electron chi connectivity index (χ0n) is 47.0. The van der Waals surface area contributed by atoms with Gasteiger partial charge in [-0.1, -0.05) is 210 Å². The number of aliphatic hydroxyl groups excluding tert-OH is 8. The summed E-state index contributed by atoms with van der Waals surface area (Å²) in [4.78, 5) is 13.3. The summed E-state index contributed by atoms with van der Waals surface area (Å²) in [5.41, 5.74) is 0. The van der Waals surface area contributed by atoms with Crippen LogP contribution in [0.5, 0.6) is 0 Å². The molecule has 0 saturated carbocycles. The summed E-state index contributed by atoms with van der Waals surface area (Å²) in [5.74, 6) is -0.255. The molecular weight excluding hydrogens is 955 g/mol. The number of amides is 1. The molecule has 14 heteroatoms. The smallest absolute Gasteiger partial charge is 0.220 e. The Kier molecular flexibility index (Phi) is 43.1. The van der Waals surface area contributed by atoms with E-state index < -0.39 is 86.8 Å². The number of aliphatic hydroxyl groups is 8. The lowest BCUT2D eigenvalue weighted by atomic mass is 9.97. The van der Waals surface area contributed by atoms with Crippen molar-refractivity contribution in [3.8, 4) is 0 Å². The Labute approximate surface area is 454 Å². The van der Waals surface area contributed by atoms with E-state index in [1.165, 1.54) is 161 Å². The molecule has 0 spiro atoms. The van der Waals surface area contributed by atoms with E-state index in [-0.39, 0.29) is 18.9 Å². The van der Waals surface area contributed by atoms with Crippen LogP contribution in [0.4, 0.5) is 0 Å². The number of allylic oxidation sites excluding steroid dienone is 7. The molecule has 14 nitrogen and oxygen atoms in total. The van der Waals surface area contributed by atoms with Gasteiger partial charge in [0, 0.05) is 6.42 Å². The van der Waals surface area contributed by atoms with Crippen LogP contribution in [0.25, 0.3) is 0 Å². The molecule has 2 heterocycles. The average Bonchev–Trinajstić information content (AvgIpc) is 3.41. The monoisotopic (exact) mass is 1070 g/mol. The van der Waals surface area contributed by atoms with Gasteiger partial charge in [-0.3, -0.25) is 4.79 Å². The molecule has 1 amide bonds. The first kappa shape index (κ1) is 69.1. The maximum absolute atomic E-state index is 13.3. The Hall–Kier alpha value is -2.05. The van der Waals surface area contributed by atoms with Crippen molar-refractivity contribution in [1.29, 1.82) is 0 Å². The van der Waals surface area contributed by atoms with Crippen LogP contribution in [-0.2, 0) is 23.7 Å². The van der Waals surface area contributed by atoms with Crippen LogP contribution in [0.2, 0.25) is 0 Å². The second-order valence-electron chi connectivity index (χ2n) is 21.5. The maximum Gasteiger partial charge on any atom is 0.220 e. The molecule has 9 N–H and O–H groups in total. The fourth-order valence-corrected chi connectivity index (χ4v) is 9.79. The molecule has 0 aromatic heterocycles. The number of rotatable bonds is 48. The zero-order chi connectivity index (χ0) is 54.6. The van der Waals surface area contributed by atoms with Crippen molar-refractivity contribution >= 4 is 5.91 Å². The van der Waals surface area contributed by atoms with Gasteiger partial charge in [0.2, 0.25) is 5.91 Å². The minimum Gasteiger partial charge on any atom is -0.394 e. The van der Waals surface area contributed by atoms with Crippen LogP contribution in [-0.4, -0.2) is 140 Å². The maximum atomic E-state index is 13.3. The Balaban J connectivity index is 1.79. The first-order valence-electron chi connectivity index (χ1n) is 30.4. The number of hydrogen-bond donors (Lipinski definition) is 9. The van der Waals surface area contributed by atoms with Crippen molar-refractivity contribution in [2.24, 2.45) is 0 Å². The van der Waals surface area contributed by atoms with E-state index in [1.807, 2.05) is 6.08 Å². The Bertz CT molecular complexity index is 1440. The van der Waals surface area contributed by atoms with Gasteiger partial charge in [0.25, 0.3) is 0 Å². The molecule has 2 aliphatic rings. The van der Waals surface area contributed by atoms with Gasteiger partial charge in [-0.25, -0.2) is 0 Å². The van der Waals surface area contributed by atoms with Gasteiger partial charge in [-0.15, -0.1) is 0 Å². The zero-order valence-corrected chi connectivity index (χ0v) is 47.0. The van der Waals surface area contributed by atoms with Crippen molar-refractivity contribution in [3.05, 3.63) is 48.6 Å². The molecule has 12 unspecified atom stereocenters. The molecule has 0 aliphatic carbocycles. The number of nitrogens with one attached hydrogen (secondary N) is 1. The predicted molar refractivity (Wildman–Crippen MR) is 300 cm³/mol. The van der Waals surface area contributed by atoms with Crippen LogP contribution < -0.4 is 5.32 Å². The molecule has 2 aliphatic heterocycles. The number of hydrogen-bond acceptors (Lipinski definition) is 13. The molecule has 2 fully saturated rings. The minimum absolute atomic E-state index is 0.255. The highest BCUT2D eigenvalue weighted by Crippen LogP contribution is 2.30. The summed E-state index contributed by atoms with van der Waals surface area (Å²) in [6.45, 7) is 2.78. The Morgan fingerprint density at radius 1 is 0.467 bits per heavy atom. The van der Waals surface area contributed by atoms with Gasteiger partial charge in [0.05, 0.1) is 32.0 Å². The van der Waals surface area contributed by atoms with Gasteiger partial charge < -0.3 is 65.1 Å². The molecule has 0 radical (unpaired) electrons. The number of unbranched alkanes of at least 4 members (excludes halogenated alkanes) is 29. The molecule has 2 rings (SSSR count). The number of carbonyl (C=O) groups excluding carboxylic acids is 1. The highest BCUT2D eigenvalue weighted by molar-refractivity contribution is 5.76. The number of carbonyl (C=O) groups is 1. The standard InChI is InChI=1S/C61H111NO13/c1-3-5-7-9-11-13-15-17-19-21-23-24-25-27-28-30-32-34-36-38-40-42-44-50(65)49(62-53(66)45-43-41-39-37-35-33-31-29-26-22-20-18-16-14-12-10-8-6-4-2)48-72-60-58(71)56(69)59(52(47-64)74-60)75-61-57(70)55(68)54(67)51(46-63)73-61/h18,20,27-28,34,36,42,44,49-52,54-61,63-65,67-71H,3-17,19,21-26,29-33,35,37-41,43,45-48H2,1-2H3,(H,62,66)/b20-18-,28-27+,36-34+,44-42+. The van der Waals surface area contributed by atoms with E-state index in [9.17, 15) is 45.6 Å². The largest absolute Gasteiger partial charge is 0.394 e. The average molecular weight is 1070 g/mol. The quantitative estimate of drug-likeness (QED) is 0.0204. The predicted octanol–water partition coefficient (Wildman–Crippen LogP) is 10.4. The number of ether oxygens (including phenoxy) is 4. The lowest BCUT2D eigenvalue weighted by Crippen LogP contribution is -2.65. The van der Waals surface area contributed by atoms with Crippen molar-refractivity contribution in [3.63, 3.8) is 0 Å². The molecule has 75 heavy (non-hydrogen) atoms. The SMILES string of the molecule is CCCCCCCC/C=C\CCCCCCCCCCCC(=O)NC(COC1OC(CO)C(OC2OC(CO)C(O)C(O)C2O)C(O)C1O)C(O)/C=C/CC/C=C/CC/C=C/CCCCCCCCCCCCCC. The van der Waals surface area contributed by atoms with Crippen LogP contribution in [0, 0.1) is 0 Å². The fourth-order valence-electron chi connectivity index (χ4n) is 9.79. The Morgan fingerprint density at radius 3 is 1.31 bits per heavy atom. The van der Waals surface area contributed by atoms with Gasteiger partial charge in [-0.05, 0) is 70.6 Å². The Morgan fingerprint density at radius 2 is 0.853 bits per heavy atom.